The molecule has 2 rings (SSSR count). The van der Waals surface area contributed by atoms with E-state index in [1.807, 2.05) is 12.1 Å². The molecular formula is C15H20ClN. The molecule has 0 saturated carbocycles. The third kappa shape index (κ3) is 3.34. The first-order chi connectivity index (χ1) is 8.31. The fraction of sp³-hybridized carbons (Fsp3) is 0.467. The summed E-state index contributed by atoms with van der Waals surface area (Å²) < 4.78 is 0. The van der Waals surface area contributed by atoms with Crippen molar-refractivity contribution in [3.05, 3.63) is 46.5 Å². The van der Waals surface area contributed by atoms with Gasteiger partial charge in [-0.3, -0.25) is 0 Å². The van der Waals surface area contributed by atoms with Crippen molar-refractivity contribution in [3.63, 3.8) is 0 Å². The van der Waals surface area contributed by atoms with Crippen LogP contribution in [0, 0.1) is 0 Å². The second-order valence-electron chi connectivity index (χ2n) is 4.57. The molecule has 1 aromatic carbocycles. The van der Waals surface area contributed by atoms with E-state index in [0.717, 1.165) is 11.6 Å². The highest BCUT2D eigenvalue weighted by atomic mass is 35.5. The molecule has 0 aromatic heterocycles. The Bertz CT molecular complexity index is 398. The van der Waals surface area contributed by atoms with Crippen LogP contribution in [0.25, 0.3) is 0 Å². The SMILES string of the molecule is CCNC(C1=CCCCC1)c1cccc(Cl)c1. The number of allylic oxidation sites excluding steroid dienone is 1. The third-order valence-electron chi connectivity index (χ3n) is 3.29. The summed E-state index contributed by atoms with van der Waals surface area (Å²) in [6.45, 7) is 3.13. The molecule has 1 aromatic rings. The predicted octanol–water partition coefficient (Wildman–Crippen LogP) is 4.49. The van der Waals surface area contributed by atoms with E-state index < -0.39 is 0 Å². The van der Waals surface area contributed by atoms with Crippen molar-refractivity contribution in [2.45, 2.75) is 38.6 Å². The molecular weight excluding hydrogens is 230 g/mol. The van der Waals surface area contributed by atoms with Gasteiger partial charge in [-0.15, -0.1) is 0 Å². The van der Waals surface area contributed by atoms with Crippen molar-refractivity contribution < 1.29 is 0 Å². The maximum absolute atomic E-state index is 6.08. The number of hydrogen-bond acceptors (Lipinski definition) is 1. The van der Waals surface area contributed by atoms with Crippen LogP contribution < -0.4 is 5.32 Å². The van der Waals surface area contributed by atoms with Gasteiger partial charge < -0.3 is 5.32 Å². The highest BCUT2D eigenvalue weighted by molar-refractivity contribution is 6.30. The van der Waals surface area contributed by atoms with Gasteiger partial charge in [0.15, 0.2) is 0 Å². The minimum absolute atomic E-state index is 0.346. The summed E-state index contributed by atoms with van der Waals surface area (Å²) in [5, 5.41) is 4.39. The van der Waals surface area contributed by atoms with E-state index >= 15 is 0 Å². The molecule has 1 N–H and O–H groups in total. The van der Waals surface area contributed by atoms with Gasteiger partial charge in [0.2, 0.25) is 0 Å². The quantitative estimate of drug-likeness (QED) is 0.776. The van der Waals surface area contributed by atoms with Crippen molar-refractivity contribution in [1.82, 2.24) is 5.32 Å². The average Bonchev–Trinajstić information content (AvgIpc) is 2.37. The lowest BCUT2D eigenvalue weighted by Crippen LogP contribution is -2.23. The van der Waals surface area contributed by atoms with Crippen molar-refractivity contribution >= 4 is 11.6 Å². The Morgan fingerprint density at radius 2 is 2.24 bits per heavy atom. The normalized spacial score (nSPS) is 17.6. The molecule has 1 atom stereocenters. The van der Waals surface area contributed by atoms with Gasteiger partial charge in [-0.05, 0) is 49.9 Å². The second-order valence-corrected chi connectivity index (χ2v) is 5.01. The summed E-state index contributed by atoms with van der Waals surface area (Å²) in [6, 6.07) is 8.55. The van der Waals surface area contributed by atoms with Crippen molar-refractivity contribution in [1.29, 1.82) is 0 Å². The first kappa shape index (κ1) is 12.7. The maximum atomic E-state index is 6.08. The Morgan fingerprint density at radius 1 is 1.35 bits per heavy atom. The molecule has 17 heavy (non-hydrogen) atoms. The largest absolute Gasteiger partial charge is 0.307 e. The van der Waals surface area contributed by atoms with Crippen LogP contribution in [0.4, 0.5) is 0 Å². The number of likely N-dealkylation sites (N-methyl/N-ethyl adjacent to an activating group) is 1. The van der Waals surface area contributed by atoms with Gasteiger partial charge in [0.05, 0.1) is 6.04 Å². The van der Waals surface area contributed by atoms with Crippen molar-refractivity contribution in [3.8, 4) is 0 Å². The molecule has 1 nitrogen and oxygen atoms in total. The van der Waals surface area contributed by atoms with Gasteiger partial charge in [-0.1, -0.05) is 42.3 Å². The van der Waals surface area contributed by atoms with Crippen LogP contribution in [-0.4, -0.2) is 6.54 Å². The maximum Gasteiger partial charge on any atom is 0.0536 e. The van der Waals surface area contributed by atoms with Gasteiger partial charge in [0, 0.05) is 5.02 Å². The number of hydrogen-bond donors (Lipinski definition) is 1. The molecule has 0 fully saturated rings. The van der Waals surface area contributed by atoms with E-state index in [9.17, 15) is 0 Å². The van der Waals surface area contributed by atoms with E-state index in [0.29, 0.717) is 6.04 Å². The van der Waals surface area contributed by atoms with Crippen LogP contribution >= 0.6 is 11.6 Å². The number of benzene rings is 1. The fourth-order valence-electron chi connectivity index (χ4n) is 2.48. The molecule has 0 aliphatic heterocycles. The molecule has 1 aliphatic rings. The van der Waals surface area contributed by atoms with Crippen LogP contribution in [0.2, 0.25) is 5.02 Å². The summed E-state index contributed by atoms with van der Waals surface area (Å²) >= 11 is 6.08. The molecule has 1 aliphatic carbocycles. The first-order valence-electron chi connectivity index (χ1n) is 6.49. The van der Waals surface area contributed by atoms with E-state index in [-0.39, 0.29) is 0 Å². The number of halogens is 1. The predicted molar refractivity (Wildman–Crippen MR) is 74.4 cm³/mol. The molecule has 0 saturated heterocycles. The summed E-state index contributed by atoms with van der Waals surface area (Å²) in [5.74, 6) is 0. The molecule has 0 radical (unpaired) electrons. The van der Waals surface area contributed by atoms with Gasteiger partial charge in [-0.2, -0.15) is 0 Å². The highest BCUT2D eigenvalue weighted by Crippen LogP contribution is 2.30. The highest BCUT2D eigenvalue weighted by Gasteiger charge is 2.17. The summed E-state index contributed by atoms with van der Waals surface area (Å²) in [6.07, 6.45) is 7.48. The topological polar surface area (TPSA) is 12.0 Å². The summed E-state index contributed by atoms with van der Waals surface area (Å²) in [7, 11) is 0. The minimum Gasteiger partial charge on any atom is -0.307 e. The molecule has 2 heteroatoms. The van der Waals surface area contributed by atoms with Crippen LogP contribution in [0.3, 0.4) is 0 Å². The lowest BCUT2D eigenvalue weighted by molar-refractivity contribution is 0.564. The minimum atomic E-state index is 0.346. The Kier molecular flexibility index (Phi) is 4.64. The van der Waals surface area contributed by atoms with Crippen LogP contribution in [0.15, 0.2) is 35.9 Å². The number of rotatable bonds is 4. The molecule has 92 valence electrons. The second kappa shape index (κ2) is 6.23. The standard InChI is InChI=1S/C15H20ClN/c1-2-17-15(12-7-4-3-5-8-12)13-9-6-10-14(16)11-13/h6-7,9-11,15,17H,2-5,8H2,1H3. The Balaban J connectivity index is 2.24. The lowest BCUT2D eigenvalue weighted by Gasteiger charge is -2.24. The monoisotopic (exact) mass is 249 g/mol. The molecule has 0 bridgehead atoms. The Morgan fingerprint density at radius 3 is 2.88 bits per heavy atom. The molecule has 0 heterocycles. The summed E-state index contributed by atoms with van der Waals surface area (Å²) in [5.41, 5.74) is 2.81. The molecule has 0 spiro atoms. The Hall–Kier alpha value is -0.790. The van der Waals surface area contributed by atoms with E-state index in [1.54, 1.807) is 0 Å². The van der Waals surface area contributed by atoms with Crippen LogP contribution in [0.1, 0.15) is 44.2 Å². The molecule has 1 unspecified atom stereocenters. The van der Waals surface area contributed by atoms with E-state index in [1.165, 1.54) is 36.8 Å². The van der Waals surface area contributed by atoms with E-state index in [4.69, 9.17) is 11.6 Å². The number of nitrogens with one attached hydrogen (secondary N) is 1. The van der Waals surface area contributed by atoms with Crippen LogP contribution in [-0.2, 0) is 0 Å². The Labute approximate surface area is 109 Å². The third-order valence-corrected chi connectivity index (χ3v) is 3.52. The van der Waals surface area contributed by atoms with Crippen molar-refractivity contribution in [2.75, 3.05) is 6.54 Å². The zero-order valence-corrected chi connectivity index (χ0v) is 11.1. The smallest absolute Gasteiger partial charge is 0.0536 e. The van der Waals surface area contributed by atoms with Gasteiger partial charge in [-0.25, -0.2) is 0 Å². The van der Waals surface area contributed by atoms with Gasteiger partial charge >= 0.3 is 0 Å². The first-order valence-corrected chi connectivity index (χ1v) is 6.87. The zero-order chi connectivity index (χ0) is 12.1. The molecule has 0 amide bonds. The fourth-order valence-corrected chi connectivity index (χ4v) is 2.68. The van der Waals surface area contributed by atoms with Gasteiger partial charge in [0.25, 0.3) is 0 Å². The average molecular weight is 250 g/mol. The zero-order valence-electron chi connectivity index (χ0n) is 10.4. The lowest BCUT2D eigenvalue weighted by atomic mass is 9.90. The summed E-state index contributed by atoms with van der Waals surface area (Å²) in [4.78, 5) is 0. The van der Waals surface area contributed by atoms with E-state index in [2.05, 4.69) is 30.4 Å². The van der Waals surface area contributed by atoms with Crippen molar-refractivity contribution in [2.24, 2.45) is 0 Å². The van der Waals surface area contributed by atoms with Crippen LogP contribution in [0.5, 0.6) is 0 Å². The van der Waals surface area contributed by atoms with Gasteiger partial charge in [0.1, 0.15) is 0 Å².